The highest BCUT2D eigenvalue weighted by Gasteiger charge is 2.24. The summed E-state index contributed by atoms with van der Waals surface area (Å²) in [5, 5.41) is 2.79. The summed E-state index contributed by atoms with van der Waals surface area (Å²) in [5.41, 5.74) is 3.09. The number of anilines is 2. The summed E-state index contributed by atoms with van der Waals surface area (Å²) in [7, 11) is 0. The lowest BCUT2D eigenvalue weighted by molar-refractivity contribution is -0.116. The van der Waals surface area contributed by atoms with E-state index in [0.717, 1.165) is 12.1 Å². The number of para-hydroxylation sites is 1. The molecule has 0 aliphatic carbocycles. The van der Waals surface area contributed by atoms with Crippen molar-refractivity contribution in [3.05, 3.63) is 83.9 Å². The molecule has 0 saturated carbocycles. The second-order valence-corrected chi connectivity index (χ2v) is 9.15. The van der Waals surface area contributed by atoms with Gasteiger partial charge in [-0.1, -0.05) is 42.1 Å². The SMILES string of the molecule is O=C(Nc1ccc(SC(F)F)cc1)c1ccccc1SCC(=O)N1CCc2ccccc21. The molecule has 1 heterocycles. The maximum Gasteiger partial charge on any atom is 0.288 e. The van der Waals surface area contributed by atoms with Gasteiger partial charge < -0.3 is 10.2 Å². The predicted molar refractivity (Wildman–Crippen MR) is 126 cm³/mol. The number of carbonyl (C=O) groups excluding carboxylic acids is 2. The number of hydrogen-bond donors (Lipinski definition) is 1. The number of nitrogens with one attached hydrogen (secondary N) is 1. The van der Waals surface area contributed by atoms with Crippen molar-refractivity contribution >= 4 is 46.7 Å². The highest BCUT2D eigenvalue weighted by Crippen LogP contribution is 2.30. The van der Waals surface area contributed by atoms with Crippen molar-refractivity contribution < 1.29 is 18.4 Å². The first-order valence-corrected chi connectivity index (χ1v) is 11.8. The number of amides is 2. The molecule has 8 heteroatoms. The molecule has 1 aliphatic rings. The minimum atomic E-state index is -2.49. The van der Waals surface area contributed by atoms with E-state index in [0.29, 0.717) is 39.3 Å². The van der Waals surface area contributed by atoms with E-state index in [-0.39, 0.29) is 17.6 Å². The molecule has 0 fully saturated rings. The van der Waals surface area contributed by atoms with Gasteiger partial charge in [0.2, 0.25) is 5.91 Å². The average molecular weight is 471 g/mol. The fourth-order valence-corrected chi connectivity index (χ4v) is 4.94. The van der Waals surface area contributed by atoms with Crippen LogP contribution in [0.1, 0.15) is 15.9 Å². The first-order chi connectivity index (χ1) is 15.5. The van der Waals surface area contributed by atoms with Gasteiger partial charge in [0.05, 0.1) is 11.3 Å². The lowest BCUT2D eigenvalue weighted by Gasteiger charge is -2.17. The zero-order valence-corrected chi connectivity index (χ0v) is 18.6. The Balaban J connectivity index is 1.40. The second kappa shape index (κ2) is 10.2. The molecular weight excluding hydrogens is 450 g/mol. The Kier molecular flexibility index (Phi) is 7.12. The Morgan fingerprint density at radius 2 is 1.69 bits per heavy atom. The van der Waals surface area contributed by atoms with Crippen LogP contribution in [0.3, 0.4) is 0 Å². The fraction of sp³-hybridized carbons (Fsp3) is 0.167. The van der Waals surface area contributed by atoms with Crippen LogP contribution in [0.4, 0.5) is 20.2 Å². The third-order valence-corrected chi connectivity index (χ3v) is 6.79. The minimum absolute atomic E-state index is 0.00211. The van der Waals surface area contributed by atoms with Crippen molar-refractivity contribution in [3.8, 4) is 0 Å². The Morgan fingerprint density at radius 3 is 2.47 bits per heavy atom. The molecule has 0 aromatic heterocycles. The fourth-order valence-electron chi connectivity index (χ4n) is 3.51. The summed E-state index contributed by atoms with van der Waals surface area (Å²) >= 11 is 1.78. The number of halogens is 2. The van der Waals surface area contributed by atoms with Crippen LogP contribution in [0.25, 0.3) is 0 Å². The van der Waals surface area contributed by atoms with Crippen LogP contribution in [0.5, 0.6) is 0 Å². The molecule has 2 amide bonds. The lowest BCUT2D eigenvalue weighted by atomic mass is 10.2. The molecule has 0 bridgehead atoms. The van der Waals surface area contributed by atoms with Gasteiger partial charge in [-0.15, -0.1) is 11.8 Å². The summed E-state index contributed by atoms with van der Waals surface area (Å²) in [6, 6.07) is 21.3. The largest absolute Gasteiger partial charge is 0.322 e. The monoisotopic (exact) mass is 470 g/mol. The number of alkyl halides is 2. The number of hydrogen-bond acceptors (Lipinski definition) is 4. The molecule has 164 valence electrons. The number of rotatable bonds is 7. The van der Waals surface area contributed by atoms with Gasteiger partial charge in [0.15, 0.2) is 0 Å². The van der Waals surface area contributed by atoms with Gasteiger partial charge in [-0.05, 0) is 54.4 Å². The van der Waals surface area contributed by atoms with E-state index in [9.17, 15) is 18.4 Å². The molecule has 4 rings (SSSR count). The lowest BCUT2D eigenvalue weighted by Crippen LogP contribution is -2.30. The summed E-state index contributed by atoms with van der Waals surface area (Å²) < 4.78 is 24.9. The first-order valence-electron chi connectivity index (χ1n) is 9.97. The molecule has 4 nitrogen and oxygen atoms in total. The molecule has 0 unspecified atom stereocenters. The molecule has 3 aromatic carbocycles. The van der Waals surface area contributed by atoms with E-state index >= 15 is 0 Å². The van der Waals surface area contributed by atoms with Gasteiger partial charge in [0.25, 0.3) is 11.7 Å². The van der Waals surface area contributed by atoms with E-state index in [1.165, 1.54) is 17.3 Å². The highest BCUT2D eigenvalue weighted by atomic mass is 32.2. The van der Waals surface area contributed by atoms with Crippen LogP contribution in [-0.2, 0) is 11.2 Å². The van der Waals surface area contributed by atoms with Crippen molar-refractivity contribution in [2.75, 3.05) is 22.5 Å². The van der Waals surface area contributed by atoms with Crippen LogP contribution < -0.4 is 10.2 Å². The summed E-state index contributed by atoms with van der Waals surface area (Å²) in [6.45, 7) is 0.667. The van der Waals surface area contributed by atoms with Gasteiger partial charge in [-0.2, -0.15) is 8.78 Å². The second-order valence-electron chi connectivity index (χ2n) is 7.07. The van der Waals surface area contributed by atoms with Gasteiger partial charge in [0.1, 0.15) is 0 Å². The van der Waals surface area contributed by atoms with Crippen molar-refractivity contribution in [2.24, 2.45) is 0 Å². The van der Waals surface area contributed by atoms with E-state index in [1.54, 1.807) is 41.3 Å². The molecule has 0 radical (unpaired) electrons. The Labute approximate surface area is 193 Å². The summed E-state index contributed by atoms with van der Waals surface area (Å²) in [4.78, 5) is 28.6. The maximum absolute atomic E-state index is 12.8. The first kappa shape index (κ1) is 22.4. The highest BCUT2D eigenvalue weighted by molar-refractivity contribution is 8.00. The number of fused-ring (bicyclic) bond motifs is 1. The third kappa shape index (κ3) is 5.31. The zero-order valence-electron chi connectivity index (χ0n) is 17.0. The molecule has 1 aliphatic heterocycles. The van der Waals surface area contributed by atoms with Crippen LogP contribution in [-0.4, -0.2) is 29.9 Å². The van der Waals surface area contributed by atoms with Crippen molar-refractivity contribution in [1.82, 2.24) is 0 Å². The smallest absolute Gasteiger partial charge is 0.288 e. The molecule has 32 heavy (non-hydrogen) atoms. The predicted octanol–water partition coefficient (Wildman–Crippen LogP) is 5.94. The summed E-state index contributed by atoms with van der Waals surface area (Å²) in [6.07, 6.45) is 0.847. The molecule has 1 N–H and O–H groups in total. The van der Waals surface area contributed by atoms with Gasteiger partial charge in [-0.3, -0.25) is 9.59 Å². The number of nitrogens with zero attached hydrogens (tertiary/aromatic N) is 1. The van der Waals surface area contributed by atoms with Crippen LogP contribution in [0.15, 0.2) is 82.6 Å². The Hall–Kier alpha value is -2.84. The quantitative estimate of drug-likeness (QED) is 0.435. The topological polar surface area (TPSA) is 49.4 Å². The number of carbonyl (C=O) groups is 2. The number of thioether (sulfide) groups is 2. The number of benzene rings is 3. The van der Waals surface area contributed by atoms with Crippen molar-refractivity contribution in [2.45, 2.75) is 22.0 Å². The van der Waals surface area contributed by atoms with Crippen LogP contribution in [0.2, 0.25) is 0 Å². The molecule has 0 spiro atoms. The van der Waals surface area contributed by atoms with Gasteiger partial charge in [0, 0.05) is 27.7 Å². The maximum atomic E-state index is 12.8. The van der Waals surface area contributed by atoms with Crippen LogP contribution in [0, 0.1) is 0 Å². The van der Waals surface area contributed by atoms with Crippen molar-refractivity contribution in [1.29, 1.82) is 0 Å². The normalized spacial score (nSPS) is 12.7. The Bertz CT molecular complexity index is 1120. The zero-order chi connectivity index (χ0) is 22.5. The standard InChI is InChI=1S/C24H20F2N2O2S2/c25-24(26)32-18-11-9-17(10-12-18)27-23(30)19-6-2-4-8-21(19)31-15-22(29)28-14-13-16-5-1-3-7-20(16)28/h1-12,24H,13-15H2,(H,27,30). The van der Waals surface area contributed by atoms with Gasteiger partial charge in [-0.25, -0.2) is 0 Å². The van der Waals surface area contributed by atoms with E-state index < -0.39 is 5.76 Å². The summed E-state index contributed by atoms with van der Waals surface area (Å²) in [5.74, 6) is -2.59. The van der Waals surface area contributed by atoms with Crippen LogP contribution >= 0.6 is 23.5 Å². The molecule has 3 aromatic rings. The molecule has 0 atom stereocenters. The Morgan fingerprint density at radius 1 is 0.969 bits per heavy atom. The van der Waals surface area contributed by atoms with E-state index in [1.807, 2.05) is 36.4 Å². The van der Waals surface area contributed by atoms with E-state index in [4.69, 9.17) is 0 Å². The minimum Gasteiger partial charge on any atom is -0.322 e. The molecular formula is C24H20F2N2O2S2. The van der Waals surface area contributed by atoms with Crippen molar-refractivity contribution in [3.63, 3.8) is 0 Å². The van der Waals surface area contributed by atoms with E-state index in [2.05, 4.69) is 5.32 Å². The molecule has 0 saturated heterocycles. The third-order valence-electron chi connectivity index (χ3n) is 5.01. The van der Waals surface area contributed by atoms with Gasteiger partial charge >= 0.3 is 0 Å². The average Bonchev–Trinajstić information content (AvgIpc) is 3.23.